The van der Waals surface area contributed by atoms with Crippen LogP contribution in [0.1, 0.15) is 37.0 Å². The topological polar surface area (TPSA) is 53.9 Å². The molecule has 0 saturated carbocycles. The molecule has 1 aliphatic rings. The first kappa shape index (κ1) is 7.63. The summed E-state index contributed by atoms with van der Waals surface area (Å²) in [5.41, 5.74) is 1.58. The zero-order valence-electron chi connectivity index (χ0n) is 18.9. The van der Waals surface area contributed by atoms with Crippen molar-refractivity contribution in [1.82, 2.24) is 19.4 Å². The van der Waals surface area contributed by atoms with Crippen molar-refractivity contribution in [3.05, 3.63) is 53.1 Å². The number of fused-ring (bicyclic) bond motifs is 3. The van der Waals surface area contributed by atoms with E-state index in [1.165, 1.54) is 11.2 Å². The Hall–Kier alpha value is -2.56. The molecule has 0 atom stereocenters. The highest BCUT2D eigenvalue weighted by Gasteiger charge is 2.30. The molecule has 3 heterocycles. The molecule has 112 valence electrons. The molecule has 22 heavy (non-hydrogen) atoms. The average Bonchev–Trinajstić information content (AvgIpc) is 3.21. The van der Waals surface area contributed by atoms with Gasteiger partial charge in [-0.1, -0.05) is 18.1 Å². The first-order chi connectivity index (χ1) is 13.5. The van der Waals surface area contributed by atoms with Crippen LogP contribution in [0.2, 0.25) is 0 Å². The summed E-state index contributed by atoms with van der Waals surface area (Å²) in [6.07, 6.45) is 1.75. The van der Waals surface area contributed by atoms with Crippen LogP contribution in [0.4, 0.5) is 0 Å². The van der Waals surface area contributed by atoms with E-state index in [9.17, 15) is 4.79 Å². The second-order valence-electron chi connectivity index (χ2n) is 5.33. The van der Waals surface area contributed by atoms with E-state index >= 15 is 0 Å². The van der Waals surface area contributed by atoms with Crippen LogP contribution < -0.4 is 0 Å². The molecule has 1 aliphatic heterocycles. The lowest BCUT2D eigenvalue weighted by Crippen LogP contribution is -2.37. The fraction of sp³-hybridized carbons (Fsp3) is 0.294. The minimum absolute atomic E-state index is 0.0302. The number of H-pyrrole nitrogens is 1. The summed E-state index contributed by atoms with van der Waals surface area (Å²) in [5, 5.41) is -0.0458. The van der Waals surface area contributed by atoms with Gasteiger partial charge < -0.3 is 14.5 Å². The number of imidazole rings is 1. The molecule has 1 aromatic carbocycles. The Bertz CT molecular complexity index is 1160. The van der Waals surface area contributed by atoms with Crippen molar-refractivity contribution in [2.24, 2.45) is 6.98 Å². The third kappa shape index (κ3) is 1.78. The van der Waals surface area contributed by atoms with E-state index in [1.54, 1.807) is 0 Å². The molecule has 0 bridgehead atoms. The molecular formula is C17H18N4O. The third-order valence-electron chi connectivity index (χ3n) is 4.09. The Labute approximate surface area is 138 Å². The Morgan fingerprint density at radius 3 is 3.09 bits per heavy atom. The second-order valence-corrected chi connectivity index (χ2v) is 5.33. The molecule has 5 nitrogen and oxygen atoms in total. The number of amides is 1. The van der Waals surface area contributed by atoms with Gasteiger partial charge in [-0.15, -0.1) is 0 Å². The predicted octanol–water partition coefficient (Wildman–Crippen LogP) is 2.41. The van der Waals surface area contributed by atoms with Gasteiger partial charge in [0.15, 0.2) is 0 Å². The maximum atomic E-state index is 13.3. The van der Waals surface area contributed by atoms with Crippen LogP contribution in [0.25, 0.3) is 10.9 Å². The highest BCUT2D eigenvalue weighted by Crippen LogP contribution is 2.30. The zero-order chi connectivity index (χ0) is 21.2. The Morgan fingerprint density at radius 1 is 1.45 bits per heavy atom. The van der Waals surface area contributed by atoms with Crippen molar-refractivity contribution < 1.29 is 14.4 Å². The van der Waals surface area contributed by atoms with Crippen molar-refractivity contribution in [3.8, 4) is 0 Å². The fourth-order valence-corrected chi connectivity index (χ4v) is 2.89. The van der Waals surface area contributed by atoms with E-state index < -0.39 is 37.1 Å². The molecule has 2 aromatic heterocycles. The van der Waals surface area contributed by atoms with Crippen molar-refractivity contribution >= 4 is 16.8 Å². The van der Waals surface area contributed by atoms with E-state index in [4.69, 9.17) is 9.60 Å². The van der Waals surface area contributed by atoms with E-state index in [0.717, 1.165) is 10.3 Å². The first-order valence-electron chi connectivity index (χ1n) is 10.5. The lowest BCUT2D eigenvalue weighted by molar-refractivity contribution is 0.0725. The van der Waals surface area contributed by atoms with Gasteiger partial charge in [0.1, 0.15) is 0 Å². The molecular weight excluding hydrogens is 276 g/mol. The average molecular weight is 301 g/mol. The number of carbonyl (C=O) groups is 1. The number of benzene rings is 1. The van der Waals surface area contributed by atoms with Gasteiger partial charge in [-0.25, -0.2) is 4.98 Å². The SMILES string of the molecule is [2H]c1c([2H])c([2H])c2c(c1[2H])c1c(n2C([2H])([2H])[2H])CCN(Cc2nc[nH]c2C)C1=O. The van der Waals surface area contributed by atoms with Gasteiger partial charge in [0.25, 0.3) is 5.91 Å². The molecule has 0 radical (unpaired) electrons. The minimum Gasteiger partial charge on any atom is -0.348 e. The van der Waals surface area contributed by atoms with Crippen LogP contribution >= 0.6 is 0 Å². The van der Waals surface area contributed by atoms with Crippen LogP contribution in [0, 0.1) is 6.92 Å². The molecule has 0 unspecified atom stereocenters. The number of carbonyl (C=O) groups excluding carboxylic acids is 1. The summed E-state index contributed by atoms with van der Waals surface area (Å²) >= 11 is 0. The number of hydrogen-bond donors (Lipinski definition) is 1. The summed E-state index contributed by atoms with van der Waals surface area (Å²) < 4.78 is 57.1. The molecule has 1 N–H and O–H groups in total. The van der Waals surface area contributed by atoms with E-state index in [1.807, 2.05) is 6.92 Å². The van der Waals surface area contributed by atoms with E-state index in [0.29, 0.717) is 5.69 Å². The van der Waals surface area contributed by atoms with Crippen LogP contribution in [0.3, 0.4) is 0 Å². The lowest BCUT2D eigenvalue weighted by Gasteiger charge is -2.27. The number of hydrogen-bond acceptors (Lipinski definition) is 2. The van der Waals surface area contributed by atoms with Gasteiger partial charge in [-0.3, -0.25) is 4.79 Å². The standard InChI is InChI=1S/C17H18N4O/c1-11-13(19-10-18-11)9-21-8-7-15-16(17(21)22)12-5-3-4-6-14(12)20(15)2/h3-6,10H,7-9H2,1-2H3,(H,18,19)/i2D3,3D,4D,5D,6D. The summed E-state index contributed by atoms with van der Waals surface area (Å²) in [4.78, 5) is 22.0. The molecule has 3 aromatic rings. The van der Waals surface area contributed by atoms with Crippen LogP contribution in [-0.2, 0) is 19.9 Å². The first-order valence-corrected chi connectivity index (χ1v) is 6.96. The van der Waals surface area contributed by atoms with Crippen LogP contribution in [0.15, 0.2) is 30.5 Å². The summed E-state index contributed by atoms with van der Waals surface area (Å²) in [5.74, 6) is -0.466. The van der Waals surface area contributed by atoms with Crippen molar-refractivity contribution in [2.45, 2.75) is 19.9 Å². The summed E-state index contributed by atoms with van der Waals surface area (Å²) in [6.45, 7) is -0.379. The Kier molecular flexibility index (Phi) is 1.64. The fourth-order valence-electron chi connectivity index (χ4n) is 2.89. The molecule has 0 aliphatic carbocycles. The summed E-state index contributed by atoms with van der Waals surface area (Å²) in [7, 11) is 0. The quantitative estimate of drug-likeness (QED) is 0.790. The number of nitrogens with zero attached hydrogens (tertiary/aromatic N) is 3. The monoisotopic (exact) mass is 301 g/mol. The number of nitrogens with one attached hydrogen (secondary N) is 1. The highest BCUT2D eigenvalue weighted by molar-refractivity contribution is 6.09. The number of para-hydroxylation sites is 1. The van der Waals surface area contributed by atoms with Crippen molar-refractivity contribution in [3.63, 3.8) is 0 Å². The Morgan fingerprint density at radius 2 is 2.32 bits per heavy atom. The molecule has 4 rings (SSSR count). The molecule has 1 amide bonds. The van der Waals surface area contributed by atoms with Crippen molar-refractivity contribution in [1.29, 1.82) is 0 Å². The maximum absolute atomic E-state index is 13.3. The number of aryl methyl sites for hydroxylation is 2. The van der Waals surface area contributed by atoms with E-state index in [-0.39, 0.29) is 41.7 Å². The van der Waals surface area contributed by atoms with Crippen LogP contribution in [-0.4, -0.2) is 31.9 Å². The van der Waals surface area contributed by atoms with Crippen molar-refractivity contribution in [2.75, 3.05) is 6.54 Å². The zero-order valence-corrected chi connectivity index (χ0v) is 11.9. The molecule has 5 heteroatoms. The van der Waals surface area contributed by atoms with Gasteiger partial charge in [-0.2, -0.15) is 0 Å². The predicted molar refractivity (Wildman–Crippen MR) is 84.7 cm³/mol. The number of aromatic amines is 1. The highest BCUT2D eigenvalue weighted by atomic mass is 16.2. The Balaban J connectivity index is 1.98. The molecule has 0 spiro atoms. The normalized spacial score (nSPS) is 19.8. The van der Waals surface area contributed by atoms with Gasteiger partial charge in [0.05, 0.1) is 29.6 Å². The number of rotatable bonds is 2. The second kappa shape index (κ2) is 4.73. The van der Waals surface area contributed by atoms with Gasteiger partial charge in [-0.05, 0) is 13.0 Å². The molecule has 0 fully saturated rings. The lowest BCUT2D eigenvalue weighted by atomic mass is 10.0. The molecule has 0 saturated heterocycles. The number of aromatic nitrogens is 3. The summed E-state index contributed by atoms with van der Waals surface area (Å²) in [6, 6.07) is -1.90. The smallest absolute Gasteiger partial charge is 0.256 e. The van der Waals surface area contributed by atoms with Gasteiger partial charge in [0.2, 0.25) is 0 Å². The minimum atomic E-state index is -2.69. The van der Waals surface area contributed by atoms with Gasteiger partial charge >= 0.3 is 0 Å². The largest absolute Gasteiger partial charge is 0.348 e. The van der Waals surface area contributed by atoms with Gasteiger partial charge in [0, 0.05) is 46.3 Å². The van der Waals surface area contributed by atoms with E-state index in [2.05, 4.69) is 9.97 Å². The third-order valence-corrected chi connectivity index (χ3v) is 4.09. The van der Waals surface area contributed by atoms with Crippen LogP contribution in [0.5, 0.6) is 0 Å². The maximum Gasteiger partial charge on any atom is 0.256 e.